The number of rotatable bonds is 1. The fourth-order valence-electron chi connectivity index (χ4n) is 2.44. The van der Waals surface area contributed by atoms with Crippen LogP contribution in [0, 0.1) is 5.41 Å². The van der Waals surface area contributed by atoms with Gasteiger partial charge < -0.3 is 9.90 Å². The molecule has 1 fully saturated rings. The van der Waals surface area contributed by atoms with Crippen LogP contribution < -0.4 is 0 Å². The molecule has 0 spiro atoms. The molecule has 1 aliphatic carbocycles. The third kappa shape index (κ3) is 4.33. The summed E-state index contributed by atoms with van der Waals surface area (Å²) in [6.45, 7) is 4.01. The van der Waals surface area contributed by atoms with Crippen molar-refractivity contribution in [1.29, 1.82) is 0 Å². The standard InChI is InChI=1S/C13H24O2/c1-12(11-14)7-3-5-9-13(2,15)10-6-4-8-12/h11,15H,3-10H2,1-2H3. The van der Waals surface area contributed by atoms with E-state index in [-0.39, 0.29) is 5.41 Å². The number of carbonyl (C=O) groups excluding carboxylic acids is 1. The van der Waals surface area contributed by atoms with Crippen molar-refractivity contribution in [3.8, 4) is 0 Å². The molecule has 1 saturated carbocycles. The van der Waals surface area contributed by atoms with Gasteiger partial charge in [-0.1, -0.05) is 32.6 Å². The summed E-state index contributed by atoms with van der Waals surface area (Å²) >= 11 is 0. The Morgan fingerprint density at radius 3 is 1.73 bits per heavy atom. The topological polar surface area (TPSA) is 37.3 Å². The highest BCUT2D eigenvalue weighted by molar-refractivity contribution is 5.58. The van der Waals surface area contributed by atoms with Gasteiger partial charge in [0.2, 0.25) is 0 Å². The van der Waals surface area contributed by atoms with Gasteiger partial charge in [-0.3, -0.25) is 0 Å². The highest BCUT2D eigenvalue weighted by Crippen LogP contribution is 2.32. The number of aldehydes is 1. The van der Waals surface area contributed by atoms with E-state index in [4.69, 9.17) is 0 Å². The molecule has 0 aromatic rings. The van der Waals surface area contributed by atoms with Crippen molar-refractivity contribution < 1.29 is 9.90 Å². The van der Waals surface area contributed by atoms with Crippen molar-refractivity contribution in [1.82, 2.24) is 0 Å². The predicted octanol–water partition coefficient (Wildman–Crippen LogP) is 3.08. The van der Waals surface area contributed by atoms with E-state index in [0.717, 1.165) is 57.7 Å². The SMILES string of the molecule is CC1(O)CCCCC(C)(C=O)CCCC1. The average Bonchev–Trinajstić information content (AvgIpc) is 2.19. The van der Waals surface area contributed by atoms with Gasteiger partial charge in [-0.2, -0.15) is 0 Å². The quantitative estimate of drug-likeness (QED) is 0.678. The molecule has 88 valence electrons. The van der Waals surface area contributed by atoms with Gasteiger partial charge in [-0.15, -0.1) is 0 Å². The molecule has 0 aliphatic heterocycles. The van der Waals surface area contributed by atoms with Gasteiger partial charge in [0, 0.05) is 5.41 Å². The van der Waals surface area contributed by atoms with Gasteiger partial charge in [0.05, 0.1) is 5.60 Å². The van der Waals surface area contributed by atoms with E-state index in [9.17, 15) is 9.90 Å². The Balaban J connectivity index is 2.50. The fourth-order valence-corrected chi connectivity index (χ4v) is 2.44. The van der Waals surface area contributed by atoms with E-state index in [2.05, 4.69) is 6.92 Å². The lowest BCUT2D eigenvalue weighted by atomic mass is 9.78. The molecule has 0 unspecified atom stereocenters. The van der Waals surface area contributed by atoms with Crippen LogP contribution in [-0.2, 0) is 4.79 Å². The van der Waals surface area contributed by atoms with E-state index in [0.29, 0.717) is 0 Å². The summed E-state index contributed by atoms with van der Waals surface area (Å²) in [6.07, 6.45) is 9.04. The van der Waals surface area contributed by atoms with E-state index >= 15 is 0 Å². The lowest BCUT2D eigenvalue weighted by Crippen LogP contribution is -2.26. The molecule has 1 aliphatic rings. The maximum absolute atomic E-state index is 11.0. The largest absolute Gasteiger partial charge is 0.390 e. The van der Waals surface area contributed by atoms with Gasteiger partial charge in [0.25, 0.3) is 0 Å². The van der Waals surface area contributed by atoms with Crippen molar-refractivity contribution in [2.45, 2.75) is 70.8 Å². The molecule has 0 aromatic carbocycles. The summed E-state index contributed by atoms with van der Waals surface area (Å²) in [7, 11) is 0. The number of hydrogen-bond donors (Lipinski definition) is 1. The first-order valence-electron chi connectivity index (χ1n) is 6.16. The molecule has 0 bridgehead atoms. The van der Waals surface area contributed by atoms with Gasteiger partial charge in [-0.25, -0.2) is 0 Å². The van der Waals surface area contributed by atoms with Crippen LogP contribution in [0.2, 0.25) is 0 Å². The van der Waals surface area contributed by atoms with E-state index < -0.39 is 5.60 Å². The minimum atomic E-state index is -0.477. The Kier molecular flexibility index (Phi) is 4.32. The van der Waals surface area contributed by atoms with Crippen LogP contribution in [0.25, 0.3) is 0 Å². The summed E-state index contributed by atoms with van der Waals surface area (Å²) in [5.41, 5.74) is -0.585. The number of aliphatic hydroxyl groups is 1. The minimum Gasteiger partial charge on any atom is -0.390 e. The van der Waals surface area contributed by atoms with Gasteiger partial charge >= 0.3 is 0 Å². The van der Waals surface area contributed by atoms with E-state index in [1.54, 1.807) is 0 Å². The van der Waals surface area contributed by atoms with E-state index in [1.165, 1.54) is 0 Å². The molecule has 15 heavy (non-hydrogen) atoms. The molecule has 0 atom stereocenters. The summed E-state index contributed by atoms with van der Waals surface area (Å²) in [5.74, 6) is 0. The second-order valence-electron chi connectivity index (χ2n) is 5.68. The summed E-state index contributed by atoms with van der Waals surface area (Å²) in [6, 6.07) is 0. The minimum absolute atomic E-state index is 0.108. The van der Waals surface area contributed by atoms with Crippen LogP contribution in [-0.4, -0.2) is 17.0 Å². The van der Waals surface area contributed by atoms with Crippen LogP contribution in [0.15, 0.2) is 0 Å². The molecule has 0 amide bonds. The van der Waals surface area contributed by atoms with Crippen LogP contribution >= 0.6 is 0 Å². The lowest BCUT2D eigenvalue weighted by Gasteiger charge is -2.28. The van der Waals surface area contributed by atoms with Crippen LogP contribution in [0.5, 0.6) is 0 Å². The smallest absolute Gasteiger partial charge is 0.125 e. The Morgan fingerprint density at radius 1 is 0.933 bits per heavy atom. The third-order valence-corrected chi connectivity index (χ3v) is 3.71. The Morgan fingerprint density at radius 2 is 1.33 bits per heavy atom. The first kappa shape index (κ1) is 12.7. The highest BCUT2D eigenvalue weighted by atomic mass is 16.3. The third-order valence-electron chi connectivity index (χ3n) is 3.71. The molecule has 0 aromatic heterocycles. The average molecular weight is 212 g/mol. The second kappa shape index (κ2) is 5.11. The fraction of sp³-hybridized carbons (Fsp3) is 0.923. The highest BCUT2D eigenvalue weighted by Gasteiger charge is 2.26. The number of hydrogen-bond acceptors (Lipinski definition) is 2. The monoisotopic (exact) mass is 212 g/mol. The zero-order valence-electron chi connectivity index (χ0n) is 10.1. The van der Waals surface area contributed by atoms with Gasteiger partial charge in [0.1, 0.15) is 6.29 Å². The molecule has 0 saturated heterocycles. The summed E-state index contributed by atoms with van der Waals surface area (Å²) in [5, 5.41) is 10.0. The predicted molar refractivity (Wildman–Crippen MR) is 61.7 cm³/mol. The lowest BCUT2D eigenvalue weighted by molar-refractivity contribution is -0.116. The maximum Gasteiger partial charge on any atom is 0.125 e. The molecule has 0 heterocycles. The van der Waals surface area contributed by atoms with Crippen LogP contribution in [0.3, 0.4) is 0 Å². The van der Waals surface area contributed by atoms with E-state index in [1.807, 2.05) is 6.92 Å². The van der Waals surface area contributed by atoms with Crippen molar-refractivity contribution >= 4 is 6.29 Å². The van der Waals surface area contributed by atoms with Crippen molar-refractivity contribution in [2.75, 3.05) is 0 Å². The first-order valence-corrected chi connectivity index (χ1v) is 6.16. The molecular formula is C13H24O2. The molecule has 1 rings (SSSR count). The number of carbonyl (C=O) groups is 1. The van der Waals surface area contributed by atoms with Gasteiger partial charge in [0.15, 0.2) is 0 Å². The van der Waals surface area contributed by atoms with Crippen LogP contribution in [0.4, 0.5) is 0 Å². The van der Waals surface area contributed by atoms with Gasteiger partial charge in [-0.05, 0) is 32.6 Å². The first-order chi connectivity index (χ1) is 6.97. The Labute approximate surface area is 93.1 Å². The van der Waals surface area contributed by atoms with Crippen molar-refractivity contribution in [2.24, 2.45) is 5.41 Å². The molecule has 2 heteroatoms. The summed E-state index contributed by atoms with van der Waals surface area (Å²) < 4.78 is 0. The zero-order chi connectivity index (χ0) is 11.4. The molecule has 2 nitrogen and oxygen atoms in total. The molecular weight excluding hydrogens is 188 g/mol. The Hall–Kier alpha value is -0.370. The van der Waals surface area contributed by atoms with Crippen molar-refractivity contribution in [3.63, 3.8) is 0 Å². The summed E-state index contributed by atoms with van der Waals surface area (Å²) in [4.78, 5) is 11.0. The Bertz CT molecular complexity index is 195. The normalized spacial score (nSPS) is 39.7. The van der Waals surface area contributed by atoms with Crippen LogP contribution in [0.1, 0.15) is 65.2 Å². The second-order valence-corrected chi connectivity index (χ2v) is 5.68. The maximum atomic E-state index is 11.0. The molecule has 0 radical (unpaired) electrons. The van der Waals surface area contributed by atoms with Crippen molar-refractivity contribution in [3.05, 3.63) is 0 Å². The zero-order valence-corrected chi connectivity index (χ0v) is 10.1. The molecule has 1 N–H and O–H groups in total.